The van der Waals surface area contributed by atoms with Crippen LogP contribution in [0.25, 0.3) is 0 Å². The highest BCUT2D eigenvalue weighted by atomic mass is 19.1. The number of aliphatic hydroxyl groups excluding tert-OH is 1. The van der Waals surface area contributed by atoms with Gasteiger partial charge in [0.2, 0.25) is 0 Å². The third-order valence-electron chi connectivity index (χ3n) is 9.48. The molecule has 180 valence electrons. The second-order valence-corrected chi connectivity index (χ2v) is 11.1. The molecule has 2 heteroatoms. The molecular formula is C29H51FO. The van der Waals surface area contributed by atoms with Gasteiger partial charge in [-0.2, -0.15) is 0 Å². The van der Waals surface area contributed by atoms with Crippen LogP contribution in [0.4, 0.5) is 4.39 Å². The summed E-state index contributed by atoms with van der Waals surface area (Å²) in [6, 6.07) is 0. The lowest BCUT2D eigenvalue weighted by Crippen LogP contribution is -2.50. The molecule has 0 radical (unpaired) electrons. The van der Waals surface area contributed by atoms with Crippen LogP contribution in [0.1, 0.15) is 113 Å². The maximum atomic E-state index is 12.7. The number of fused-ring (bicyclic) bond motifs is 5. The van der Waals surface area contributed by atoms with E-state index in [1.54, 1.807) is 11.1 Å². The molecule has 1 N–H and O–H groups in total. The molecule has 0 saturated heterocycles. The molecule has 6 unspecified atom stereocenters. The molecule has 2 fully saturated rings. The van der Waals surface area contributed by atoms with Crippen molar-refractivity contribution >= 4 is 0 Å². The number of hydrogen-bond donors (Lipinski definition) is 1. The van der Waals surface area contributed by atoms with Crippen LogP contribution in [0, 0.1) is 34.5 Å². The number of unbranched alkanes of at least 4 members (excludes halogenated alkanes) is 1. The van der Waals surface area contributed by atoms with Gasteiger partial charge in [-0.25, -0.2) is 0 Å². The molecule has 7 atom stereocenters. The number of halogens is 1. The SMILES string of the molecule is C.CC.CC(CF)CCCCC1=CCC2C3CC=C4CC(O)CC[C@@]4(C)C3CCC12C. The second-order valence-electron chi connectivity index (χ2n) is 11.1. The van der Waals surface area contributed by atoms with Gasteiger partial charge in [-0.15, -0.1) is 0 Å². The Morgan fingerprint density at radius 2 is 1.74 bits per heavy atom. The fraction of sp³-hybridized carbons (Fsp3) is 0.862. The summed E-state index contributed by atoms with van der Waals surface area (Å²) in [6.07, 6.45) is 18.0. The van der Waals surface area contributed by atoms with Crippen LogP contribution in [0.2, 0.25) is 0 Å². The predicted molar refractivity (Wildman–Crippen MR) is 133 cm³/mol. The van der Waals surface area contributed by atoms with E-state index in [2.05, 4.69) is 26.0 Å². The van der Waals surface area contributed by atoms with Gasteiger partial charge in [0.05, 0.1) is 12.8 Å². The Morgan fingerprint density at radius 1 is 1.03 bits per heavy atom. The highest BCUT2D eigenvalue weighted by Crippen LogP contribution is 2.65. The van der Waals surface area contributed by atoms with Crippen molar-refractivity contribution in [1.82, 2.24) is 0 Å². The van der Waals surface area contributed by atoms with Crippen molar-refractivity contribution < 1.29 is 9.50 Å². The minimum absolute atomic E-state index is 0. The van der Waals surface area contributed by atoms with Crippen LogP contribution in [0.3, 0.4) is 0 Å². The molecule has 31 heavy (non-hydrogen) atoms. The number of rotatable bonds is 6. The van der Waals surface area contributed by atoms with E-state index >= 15 is 0 Å². The van der Waals surface area contributed by atoms with E-state index in [4.69, 9.17) is 0 Å². The first-order valence-electron chi connectivity index (χ1n) is 13.0. The summed E-state index contributed by atoms with van der Waals surface area (Å²) in [5, 5.41) is 10.2. The summed E-state index contributed by atoms with van der Waals surface area (Å²) in [5.74, 6) is 2.68. The zero-order valence-corrected chi connectivity index (χ0v) is 20.4. The molecule has 4 rings (SSSR count). The van der Waals surface area contributed by atoms with Crippen LogP contribution in [-0.2, 0) is 0 Å². The Kier molecular flexibility index (Phi) is 9.44. The van der Waals surface area contributed by atoms with E-state index in [9.17, 15) is 9.50 Å². The molecule has 0 spiro atoms. The lowest BCUT2D eigenvalue weighted by atomic mass is 9.47. The zero-order valence-electron chi connectivity index (χ0n) is 20.4. The van der Waals surface area contributed by atoms with Crippen LogP contribution < -0.4 is 0 Å². The average Bonchev–Trinajstić information content (AvgIpc) is 3.09. The van der Waals surface area contributed by atoms with E-state index in [-0.39, 0.29) is 26.1 Å². The molecule has 1 nitrogen and oxygen atoms in total. The monoisotopic (exact) mass is 434 g/mol. The fourth-order valence-corrected chi connectivity index (χ4v) is 7.57. The van der Waals surface area contributed by atoms with E-state index in [1.165, 1.54) is 51.4 Å². The molecule has 0 amide bonds. The minimum atomic E-state index is -0.170. The number of alkyl halides is 1. The van der Waals surface area contributed by atoms with Gasteiger partial charge in [-0.05, 0) is 98.7 Å². The highest BCUT2D eigenvalue weighted by molar-refractivity contribution is 5.30. The van der Waals surface area contributed by atoms with Gasteiger partial charge in [0.1, 0.15) is 0 Å². The Morgan fingerprint density at radius 3 is 2.45 bits per heavy atom. The molecule has 4 aliphatic carbocycles. The van der Waals surface area contributed by atoms with Gasteiger partial charge in [-0.1, -0.05) is 71.8 Å². The Labute approximate surface area is 193 Å². The highest BCUT2D eigenvalue weighted by Gasteiger charge is 2.56. The van der Waals surface area contributed by atoms with Crippen molar-refractivity contribution in [3.63, 3.8) is 0 Å². The normalized spacial score (nSPS) is 39.5. The first-order chi connectivity index (χ1) is 14.4. The molecule has 0 heterocycles. The molecule has 0 bridgehead atoms. The summed E-state index contributed by atoms with van der Waals surface area (Å²) in [5.41, 5.74) is 4.05. The van der Waals surface area contributed by atoms with E-state index < -0.39 is 0 Å². The van der Waals surface area contributed by atoms with Crippen LogP contribution >= 0.6 is 0 Å². The summed E-state index contributed by atoms with van der Waals surface area (Å²) in [4.78, 5) is 0. The molecule has 0 aromatic rings. The second kappa shape index (κ2) is 11.0. The molecule has 2 saturated carbocycles. The smallest absolute Gasteiger partial charge is 0.0919 e. The maximum absolute atomic E-state index is 12.7. The largest absolute Gasteiger partial charge is 0.393 e. The predicted octanol–water partition coefficient (Wildman–Crippen LogP) is 8.67. The number of hydrogen-bond acceptors (Lipinski definition) is 1. The van der Waals surface area contributed by atoms with Crippen LogP contribution in [-0.4, -0.2) is 17.9 Å². The first-order valence-corrected chi connectivity index (χ1v) is 13.0. The van der Waals surface area contributed by atoms with Crippen molar-refractivity contribution in [3.05, 3.63) is 23.3 Å². The van der Waals surface area contributed by atoms with Gasteiger partial charge >= 0.3 is 0 Å². The molecular weight excluding hydrogens is 383 g/mol. The molecule has 0 aromatic carbocycles. The van der Waals surface area contributed by atoms with Crippen molar-refractivity contribution in [2.75, 3.05) is 6.67 Å². The van der Waals surface area contributed by atoms with Crippen molar-refractivity contribution in [2.24, 2.45) is 34.5 Å². The quantitative estimate of drug-likeness (QED) is 0.327. The van der Waals surface area contributed by atoms with Crippen LogP contribution in [0.15, 0.2) is 23.3 Å². The first kappa shape index (κ1) is 26.6. The standard InChI is InChI=1S/C26H41FO.C2H6.CH4/c1-18(17-27)6-4-5-7-19-9-11-23-22-10-8-20-16-21(28)12-14-26(20,3)24(22)13-15-25(19,23)2;1-2;/h8-9,18,21-24,28H,4-7,10-17H2,1-3H3;1-2H3;1H4/t18?,21?,22?,23?,24?,25?,26-;;/m1../s1. The number of aliphatic hydroxyl groups is 1. The van der Waals surface area contributed by atoms with Crippen molar-refractivity contribution in [3.8, 4) is 0 Å². The van der Waals surface area contributed by atoms with Gasteiger partial charge in [-0.3, -0.25) is 4.39 Å². The number of allylic oxidation sites excluding steroid dienone is 3. The lowest BCUT2D eigenvalue weighted by molar-refractivity contribution is -0.0301. The molecule has 4 aliphatic rings. The third kappa shape index (κ3) is 4.99. The van der Waals surface area contributed by atoms with Crippen molar-refractivity contribution in [2.45, 2.75) is 119 Å². The van der Waals surface area contributed by atoms with E-state index in [1.807, 2.05) is 20.8 Å². The maximum Gasteiger partial charge on any atom is 0.0919 e. The zero-order chi connectivity index (χ0) is 21.9. The molecule has 0 aromatic heterocycles. The van der Waals surface area contributed by atoms with E-state index in [0.29, 0.717) is 10.8 Å². The van der Waals surface area contributed by atoms with Crippen molar-refractivity contribution in [1.29, 1.82) is 0 Å². The Balaban J connectivity index is 0.00000111. The van der Waals surface area contributed by atoms with Gasteiger partial charge in [0.25, 0.3) is 0 Å². The summed E-state index contributed by atoms with van der Waals surface area (Å²) in [6.45, 7) is 10.9. The van der Waals surface area contributed by atoms with Gasteiger partial charge < -0.3 is 5.11 Å². The van der Waals surface area contributed by atoms with Gasteiger partial charge in [0.15, 0.2) is 0 Å². The fourth-order valence-electron chi connectivity index (χ4n) is 7.57. The third-order valence-corrected chi connectivity index (χ3v) is 9.48. The summed E-state index contributed by atoms with van der Waals surface area (Å²) in [7, 11) is 0. The molecule has 0 aliphatic heterocycles. The van der Waals surface area contributed by atoms with Gasteiger partial charge in [0, 0.05) is 0 Å². The summed E-state index contributed by atoms with van der Waals surface area (Å²) < 4.78 is 12.7. The lowest BCUT2D eigenvalue weighted by Gasteiger charge is -2.57. The average molecular weight is 435 g/mol. The Bertz CT molecular complexity index is 637. The Hall–Kier alpha value is -0.630. The van der Waals surface area contributed by atoms with E-state index in [0.717, 1.165) is 37.0 Å². The van der Waals surface area contributed by atoms with Crippen LogP contribution in [0.5, 0.6) is 0 Å². The topological polar surface area (TPSA) is 20.2 Å². The minimum Gasteiger partial charge on any atom is -0.393 e. The summed E-state index contributed by atoms with van der Waals surface area (Å²) >= 11 is 0.